The fraction of sp³-hybridized carbons (Fsp3) is 0.467. The molecule has 0 saturated heterocycles. The maximum absolute atomic E-state index is 12.4. The van der Waals surface area contributed by atoms with E-state index in [9.17, 15) is 9.59 Å². The molecule has 0 radical (unpaired) electrons. The first kappa shape index (κ1) is 15.8. The number of halogens is 1. The predicted octanol–water partition coefficient (Wildman–Crippen LogP) is 1.40. The molecular weight excluding hydrogens is 292 g/mol. The lowest BCUT2D eigenvalue weighted by Crippen LogP contribution is -2.41. The monoisotopic (exact) mass is 310 g/mol. The van der Waals surface area contributed by atoms with Gasteiger partial charge in [-0.1, -0.05) is 23.7 Å². The standard InChI is InChI=1S/C15H19ClN2O3/c1-21-7-6-18(9-14(17)19)15(20)13-8-12(13)10-2-4-11(16)5-3-10/h2-5,12-13H,6-9H2,1H3,(H2,17,19)/t12-,13-/m0/s1. The molecule has 1 aromatic rings. The van der Waals surface area contributed by atoms with Gasteiger partial charge in [-0.05, 0) is 30.0 Å². The topological polar surface area (TPSA) is 72.6 Å². The summed E-state index contributed by atoms with van der Waals surface area (Å²) in [5.74, 6) is -0.427. The van der Waals surface area contributed by atoms with E-state index in [2.05, 4.69) is 0 Å². The number of nitrogens with zero attached hydrogens (tertiary/aromatic N) is 1. The van der Waals surface area contributed by atoms with Crippen LogP contribution in [-0.4, -0.2) is 43.5 Å². The van der Waals surface area contributed by atoms with Gasteiger partial charge in [-0.15, -0.1) is 0 Å². The van der Waals surface area contributed by atoms with Crippen LogP contribution in [0.2, 0.25) is 5.02 Å². The summed E-state index contributed by atoms with van der Waals surface area (Å²) in [5.41, 5.74) is 6.30. The summed E-state index contributed by atoms with van der Waals surface area (Å²) in [7, 11) is 1.56. The molecule has 2 atom stereocenters. The van der Waals surface area contributed by atoms with Crippen molar-refractivity contribution in [2.45, 2.75) is 12.3 Å². The van der Waals surface area contributed by atoms with E-state index in [0.29, 0.717) is 18.2 Å². The Bertz CT molecular complexity index is 518. The Morgan fingerprint density at radius 3 is 2.62 bits per heavy atom. The summed E-state index contributed by atoms with van der Waals surface area (Å²) < 4.78 is 4.97. The number of nitrogens with two attached hydrogens (primary N) is 1. The minimum atomic E-state index is -0.511. The van der Waals surface area contributed by atoms with Crippen LogP contribution in [0.3, 0.4) is 0 Å². The SMILES string of the molecule is COCCN(CC(N)=O)C(=O)[C@H]1C[C@H]1c1ccc(Cl)cc1. The molecule has 0 heterocycles. The minimum Gasteiger partial charge on any atom is -0.383 e. The molecule has 1 fully saturated rings. The van der Waals surface area contributed by atoms with Crippen LogP contribution in [0, 0.1) is 5.92 Å². The van der Waals surface area contributed by atoms with Crippen LogP contribution in [0.4, 0.5) is 0 Å². The molecular formula is C15H19ClN2O3. The summed E-state index contributed by atoms with van der Waals surface area (Å²) in [4.78, 5) is 25.0. The lowest BCUT2D eigenvalue weighted by molar-refractivity contribution is -0.137. The number of amides is 2. The Hall–Kier alpha value is -1.59. The second-order valence-corrected chi connectivity index (χ2v) is 5.66. The maximum atomic E-state index is 12.4. The molecule has 114 valence electrons. The number of ether oxygens (including phenoxy) is 1. The van der Waals surface area contributed by atoms with Gasteiger partial charge in [-0.25, -0.2) is 0 Å². The number of carbonyl (C=O) groups is 2. The maximum Gasteiger partial charge on any atom is 0.237 e. The Balaban J connectivity index is 1.98. The van der Waals surface area contributed by atoms with Crippen LogP contribution in [0.25, 0.3) is 0 Å². The first-order valence-electron chi connectivity index (χ1n) is 6.84. The van der Waals surface area contributed by atoms with Crippen molar-refractivity contribution in [3.8, 4) is 0 Å². The van der Waals surface area contributed by atoms with Crippen molar-refractivity contribution in [2.24, 2.45) is 11.7 Å². The van der Waals surface area contributed by atoms with E-state index in [1.54, 1.807) is 7.11 Å². The van der Waals surface area contributed by atoms with Gasteiger partial charge in [-0.2, -0.15) is 0 Å². The van der Waals surface area contributed by atoms with Crippen LogP contribution < -0.4 is 5.73 Å². The molecule has 2 rings (SSSR count). The fourth-order valence-corrected chi connectivity index (χ4v) is 2.56. The van der Waals surface area contributed by atoms with Gasteiger partial charge in [0.1, 0.15) is 0 Å². The summed E-state index contributed by atoms with van der Waals surface area (Å²) in [6.07, 6.45) is 0.794. The van der Waals surface area contributed by atoms with E-state index in [4.69, 9.17) is 22.1 Å². The van der Waals surface area contributed by atoms with E-state index in [1.165, 1.54) is 4.90 Å². The molecule has 0 spiro atoms. The first-order valence-corrected chi connectivity index (χ1v) is 7.22. The van der Waals surface area contributed by atoms with Gasteiger partial charge in [0.2, 0.25) is 11.8 Å². The van der Waals surface area contributed by atoms with E-state index >= 15 is 0 Å². The van der Waals surface area contributed by atoms with Gasteiger partial charge in [0.15, 0.2) is 0 Å². The van der Waals surface area contributed by atoms with Gasteiger partial charge in [0.05, 0.1) is 13.2 Å². The zero-order valence-corrected chi connectivity index (χ0v) is 12.7. The van der Waals surface area contributed by atoms with Crippen molar-refractivity contribution in [1.82, 2.24) is 4.90 Å². The Kier molecular flexibility index (Phi) is 5.20. The molecule has 1 aliphatic rings. The number of hydrogen-bond acceptors (Lipinski definition) is 3. The van der Waals surface area contributed by atoms with Crippen molar-refractivity contribution < 1.29 is 14.3 Å². The number of rotatable bonds is 7. The van der Waals surface area contributed by atoms with E-state index < -0.39 is 5.91 Å². The average Bonchev–Trinajstić information content (AvgIpc) is 3.23. The van der Waals surface area contributed by atoms with Crippen LogP contribution in [0.5, 0.6) is 0 Å². The summed E-state index contributed by atoms with van der Waals surface area (Å²) in [6.45, 7) is 0.700. The van der Waals surface area contributed by atoms with Gasteiger partial charge in [0, 0.05) is 24.6 Å². The predicted molar refractivity (Wildman–Crippen MR) is 80.0 cm³/mol. The zero-order valence-electron chi connectivity index (χ0n) is 11.9. The highest BCUT2D eigenvalue weighted by Crippen LogP contribution is 2.48. The smallest absolute Gasteiger partial charge is 0.237 e. The quantitative estimate of drug-likeness (QED) is 0.827. The van der Waals surface area contributed by atoms with Gasteiger partial charge < -0.3 is 15.4 Å². The Morgan fingerprint density at radius 2 is 2.05 bits per heavy atom. The summed E-state index contributed by atoms with van der Waals surface area (Å²) in [5, 5.41) is 0.678. The molecule has 5 nitrogen and oxygen atoms in total. The van der Waals surface area contributed by atoms with Crippen molar-refractivity contribution in [3.05, 3.63) is 34.9 Å². The van der Waals surface area contributed by atoms with Crippen molar-refractivity contribution in [3.63, 3.8) is 0 Å². The average molecular weight is 311 g/mol. The molecule has 2 amide bonds. The lowest BCUT2D eigenvalue weighted by atomic mass is 10.1. The molecule has 2 N–H and O–H groups in total. The van der Waals surface area contributed by atoms with Crippen molar-refractivity contribution in [1.29, 1.82) is 0 Å². The molecule has 6 heteroatoms. The molecule has 1 aliphatic carbocycles. The largest absolute Gasteiger partial charge is 0.383 e. The van der Waals surface area contributed by atoms with Crippen LogP contribution in [-0.2, 0) is 14.3 Å². The third kappa shape index (κ3) is 4.19. The van der Waals surface area contributed by atoms with Crippen LogP contribution in [0.15, 0.2) is 24.3 Å². The van der Waals surface area contributed by atoms with Crippen molar-refractivity contribution >= 4 is 23.4 Å². The van der Waals surface area contributed by atoms with Crippen LogP contribution in [0.1, 0.15) is 17.9 Å². The highest BCUT2D eigenvalue weighted by Gasteiger charge is 2.45. The zero-order chi connectivity index (χ0) is 15.4. The van der Waals surface area contributed by atoms with E-state index in [0.717, 1.165) is 12.0 Å². The van der Waals surface area contributed by atoms with Crippen LogP contribution >= 0.6 is 11.6 Å². The number of primary amides is 1. The molecule has 1 aromatic carbocycles. The number of methoxy groups -OCH3 is 1. The normalized spacial score (nSPS) is 20.1. The second-order valence-electron chi connectivity index (χ2n) is 5.22. The minimum absolute atomic E-state index is 0.0363. The number of hydrogen-bond donors (Lipinski definition) is 1. The van der Waals surface area contributed by atoms with Gasteiger partial charge in [0.25, 0.3) is 0 Å². The second kappa shape index (κ2) is 6.91. The van der Waals surface area contributed by atoms with Gasteiger partial charge in [-0.3, -0.25) is 9.59 Å². The molecule has 0 aromatic heterocycles. The number of carbonyl (C=O) groups excluding carboxylic acids is 2. The third-order valence-corrected chi connectivity index (χ3v) is 3.88. The molecule has 0 bridgehead atoms. The Labute approximate surface area is 129 Å². The summed E-state index contributed by atoms with van der Waals surface area (Å²) >= 11 is 5.86. The number of benzene rings is 1. The van der Waals surface area contributed by atoms with Gasteiger partial charge >= 0.3 is 0 Å². The Morgan fingerprint density at radius 1 is 1.38 bits per heavy atom. The van der Waals surface area contributed by atoms with E-state index in [-0.39, 0.29) is 24.3 Å². The molecule has 0 aliphatic heterocycles. The molecule has 1 saturated carbocycles. The first-order chi connectivity index (χ1) is 10.0. The highest BCUT2D eigenvalue weighted by atomic mass is 35.5. The third-order valence-electron chi connectivity index (χ3n) is 3.63. The molecule has 0 unspecified atom stereocenters. The lowest BCUT2D eigenvalue weighted by Gasteiger charge is -2.21. The van der Waals surface area contributed by atoms with E-state index in [1.807, 2.05) is 24.3 Å². The highest BCUT2D eigenvalue weighted by molar-refractivity contribution is 6.30. The fourth-order valence-electron chi connectivity index (χ4n) is 2.44. The molecule has 21 heavy (non-hydrogen) atoms. The summed E-state index contributed by atoms with van der Waals surface area (Å²) in [6, 6.07) is 7.52. The van der Waals surface area contributed by atoms with Crippen molar-refractivity contribution in [2.75, 3.05) is 26.8 Å².